The molecule has 1 saturated carbocycles. The summed E-state index contributed by atoms with van der Waals surface area (Å²) in [6, 6.07) is 4.75. The van der Waals surface area contributed by atoms with Gasteiger partial charge in [0, 0.05) is 29.1 Å². The van der Waals surface area contributed by atoms with Gasteiger partial charge in [-0.25, -0.2) is 0 Å². The topological polar surface area (TPSA) is 44.9 Å². The van der Waals surface area contributed by atoms with E-state index in [0.29, 0.717) is 12.1 Å². The largest absolute Gasteiger partial charge is 0.326 e. The van der Waals surface area contributed by atoms with Gasteiger partial charge in [-0.2, -0.15) is 11.8 Å². The van der Waals surface area contributed by atoms with E-state index >= 15 is 0 Å². The summed E-state index contributed by atoms with van der Waals surface area (Å²) in [6.07, 6.45) is 9.56. The third-order valence-electron chi connectivity index (χ3n) is 4.50. The van der Waals surface area contributed by atoms with E-state index < -0.39 is 0 Å². The first kappa shape index (κ1) is 13.3. The zero-order chi connectivity index (χ0) is 13.2. The lowest BCUT2D eigenvalue weighted by Gasteiger charge is -2.30. The van der Waals surface area contributed by atoms with E-state index in [2.05, 4.69) is 16.6 Å². The minimum absolute atomic E-state index is 0.0299. The molecule has 3 atom stereocenters. The number of hydrogen-bond acceptors (Lipinski definition) is 3. The molecule has 1 aromatic heterocycles. The number of H-pyrrole nitrogens is 1. The van der Waals surface area contributed by atoms with Crippen molar-refractivity contribution in [3.05, 3.63) is 33.7 Å². The molecular formula is C15H22N2OS. The molecule has 19 heavy (non-hydrogen) atoms. The SMILES string of the molecule is CSC1CCCC1NC1CCCc2[nH]c(=O)ccc21. The van der Waals surface area contributed by atoms with E-state index in [-0.39, 0.29) is 5.56 Å². The van der Waals surface area contributed by atoms with Crippen molar-refractivity contribution in [3.63, 3.8) is 0 Å². The molecule has 3 rings (SSSR count). The highest BCUT2D eigenvalue weighted by Gasteiger charge is 2.30. The van der Waals surface area contributed by atoms with Crippen LogP contribution < -0.4 is 10.9 Å². The zero-order valence-electron chi connectivity index (χ0n) is 11.4. The Hall–Kier alpha value is -0.740. The van der Waals surface area contributed by atoms with Crippen molar-refractivity contribution >= 4 is 11.8 Å². The summed E-state index contributed by atoms with van der Waals surface area (Å²) in [4.78, 5) is 14.4. The van der Waals surface area contributed by atoms with Gasteiger partial charge >= 0.3 is 0 Å². The Morgan fingerprint density at radius 1 is 1.26 bits per heavy atom. The molecule has 0 spiro atoms. The summed E-state index contributed by atoms with van der Waals surface area (Å²) >= 11 is 1.99. The van der Waals surface area contributed by atoms with Crippen LogP contribution in [0.5, 0.6) is 0 Å². The first-order chi connectivity index (χ1) is 9.28. The molecule has 3 nitrogen and oxygen atoms in total. The first-order valence-corrected chi connectivity index (χ1v) is 8.57. The number of pyridine rings is 1. The van der Waals surface area contributed by atoms with Crippen molar-refractivity contribution in [2.75, 3.05) is 6.26 Å². The van der Waals surface area contributed by atoms with Gasteiger partial charge in [0.15, 0.2) is 0 Å². The van der Waals surface area contributed by atoms with Crippen LogP contribution in [0.25, 0.3) is 0 Å². The number of hydrogen-bond donors (Lipinski definition) is 2. The van der Waals surface area contributed by atoms with E-state index in [0.717, 1.165) is 17.4 Å². The average molecular weight is 278 g/mol. The highest BCUT2D eigenvalue weighted by Crippen LogP contribution is 2.33. The number of aryl methyl sites for hydroxylation is 1. The molecule has 4 heteroatoms. The molecule has 2 aliphatic carbocycles. The average Bonchev–Trinajstić information content (AvgIpc) is 2.86. The van der Waals surface area contributed by atoms with Crippen molar-refractivity contribution in [1.82, 2.24) is 10.3 Å². The van der Waals surface area contributed by atoms with Crippen molar-refractivity contribution in [1.29, 1.82) is 0 Å². The van der Waals surface area contributed by atoms with Crippen LogP contribution in [-0.4, -0.2) is 22.5 Å². The summed E-state index contributed by atoms with van der Waals surface area (Å²) in [7, 11) is 0. The van der Waals surface area contributed by atoms with Gasteiger partial charge in [0.05, 0.1) is 0 Å². The molecule has 2 aliphatic rings. The maximum absolute atomic E-state index is 11.4. The number of aromatic nitrogens is 1. The Bertz CT molecular complexity index is 499. The Morgan fingerprint density at radius 2 is 2.16 bits per heavy atom. The van der Waals surface area contributed by atoms with Crippen LogP contribution in [0.4, 0.5) is 0 Å². The molecule has 3 unspecified atom stereocenters. The summed E-state index contributed by atoms with van der Waals surface area (Å²) in [6.45, 7) is 0. The predicted molar refractivity (Wildman–Crippen MR) is 80.8 cm³/mol. The van der Waals surface area contributed by atoms with E-state index in [4.69, 9.17) is 0 Å². The van der Waals surface area contributed by atoms with Crippen LogP contribution in [-0.2, 0) is 6.42 Å². The normalized spacial score (nSPS) is 30.3. The predicted octanol–water partition coefficient (Wildman–Crippen LogP) is 2.63. The quantitative estimate of drug-likeness (QED) is 0.893. The first-order valence-electron chi connectivity index (χ1n) is 7.29. The maximum Gasteiger partial charge on any atom is 0.248 e. The fraction of sp³-hybridized carbons (Fsp3) is 0.667. The van der Waals surface area contributed by atoms with Crippen LogP contribution in [0.15, 0.2) is 16.9 Å². The molecule has 0 aliphatic heterocycles. The van der Waals surface area contributed by atoms with Crippen LogP contribution in [0.1, 0.15) is 49.4 Å². The second-order valence-corrected chi connectivity index (χ2v) is 6.76. The summed E-state index contributed by atoms with van der Waals surface area (Å²) in [5.41, 5.74) is 2.50. The van der Waals surface area contributed by atoms with Crippen molar-refractivity contribution < 1.29 is 0 Å². The minimum Gasteiger partial charge on any atom is -0.326 e. The van der Waals surface area contributed by atoms with Crippen LogP contribution in [0.2, 0.25) is 0 Å². The van der Waals surface area contributed by atoms with Crippen molar-refractivity contribution in [2.24, 2.45) is 0 Å². The molecule has 1 fully saturated rings. The number of rotatable bonds is 3. The second-order valence-electron chi connectivity index (χ2n) is 5.68. The van der Waals surface area contributed by atoms with Gasteiger partial charge < -0.3 is 10.3 Å². The Balaban J connectivity index is 1.78. The summed E-state index contributed by atoms with van der Waals surface area (Å²) in [5, 5.41) is 4.61. The third kappa shape index (κ3) is 2.75. The number of aromatic amines is 1. The highest BCUT2D eigenvalue weighted by molar-refractivity contribution is 7.99. The smallest absolute Gasteiger partial charge is 0.248 e. The van der Waals surface area contributed by atoms with Gasteiger partial charge in [-0.05, 0) is 43.9 Å². The Labute approximate surface area is 118 Å². The molecule has 1 heterocycles. The van der Waals surface area contributed by atoms with Gasteiger partial charge in [0.25, 0.3) is 0 Å². The maximum atomic E-state index is 11.4. The molecule has 2 N–H and O–H groups in total. The lowest BCUT2D eigenvalue weighted by Crippen LogP contribution is -2.38. The fourth-order valence-electron chi connectivity index (χ4n) is 3.53. The van der Waals surface area contributed by atoms with E-state index in [1.165, 1.54) is 37.7 Å². The Kier molecular flexibility index (Phi) is 3.99. The standard InChI is InChI=1S/C15H22N2OS/c1-19-14-7-3-6-13(14)16-11-4-2-5-12-10(11)8-9-15(18)17-12/h8-9,11,13-14,16H,2-7H2,1H3,(H,17,18). The minimum atomic E-state index is 0.0299. The fourth-order valence-corrected chi connectivity index (χ4v) is 4.48. The molecule has 0 amide bonds. The molecule has 0 radical (unpaired) electrons. The zero-order valence-corrected chi connectivity index (χ0v) is 12.3. The number of fused-ring (bicyclic) bond motifs is 1. The lowest BCUT2D eigenvalue weighted by molar-refractivity contribution is 0.398. The van der Waals surface area contributed by atoms with Gasteiger partial charge in [0.1, 0.15) is 0 Å². The van der Waals surface area contributed by atoms with Crippen LogP contribution >= 0.6 is 11.8 Å². The lowest BCUT2D eigenvalue weighted by atomic mass is 9.90. The van der Waals surface area contributed by atoms with E-state index in [9.17, 15) is 4.79 Å². The molecule has 0 bridgehead atoms. The molecule has 0 saturated heterocycles. The number of thioether (sulfide) groups is 1. The molecule has 104 valence electrons. The van der Waals surface area contributed by atoms with Crippen LogP contribution in [0, 0.1) is 0 Å². The van der Waals surface area contributed by atoms with Crippen molar-refractivity contribution in [3.8, 4) is 0 Å². The third-order valence-corrected chi connectivity index (χ3v) is 5.67. The van der Waals surface area contributed by atoms with Gasteiger partial charge in [-0.3, -0.25) is 4.79 Å². The van der Waals surface area contributed by atoms with Gasteiger partial charge in [-0.15, -0.1) is 0 Å². The molecule has 1 aromatic rings. The van der Waals surface area contributed by atoms with Crippen LogP contribution in [0.3, 0.4) is 0 Å². The Morgan fingerprint density at radius 3 is 3.00 bits per heavy atom. The number of nitrogens with one attached hydrogen (secondary N) is 2. The van der Waals surface area contributed by atoms with Gasteiger partial charge in [-0.1, -0.05) is 12.5 Å². The second kappa shape index (κ2) is 5.71. The molecule has 0 aromatic carbocycles. The van der Waals surface area contributed by atoms with Gasteiger partial charge in [0.2, 0.25) is 5.56 Å². The van der Waals surface area contributed by atoms with Crippen molar-refractivity contribution in [2.45, 2.75) is 55.9 Å². The summed E-state index contributed by atoms with van der Waals surface area (Å²) in [5.74, 6) is 0. The van der Waals surface area contributed by atoms with E-state index in [1.54, 1.807) is 6.07 Å². The van der Waals surface area contributed by atoms with E-state index in [1.807, 2.05) is 17.8 Å². The summed E-state index contributed by atoms with van der Waals surface area (Å²) < 4.78 is 0. The highest BCUT2D eigenvalue weighted by atomic mass is 32.2. The molecular weight excluding hydrogens is 256 g/mol. The monoisotopic (exact) mass is 278 g/mol.